The SMILES string of the molecule is Cc1cc(F)cc(C)c1C(O)C1CCOC1C. The number of hydrogen-bond donors (Lipinski definition) is 1. The third-order valence-corrected chi connectivity index (χ3v) is 3.69. The van der Waals surface area contributed by atoms with Gasteiger partial charge < -0.3 is 9.84 Å². The fourth-order valence-corrected chi connectivity index (χ4v) is 2.77. The zero-order valence-electron chi connectivity index (χ0n) is 10.5. The van der Waals surface area contributed by atoms with Crippen molar-refractivity contribution in [3.8, 4) is 0 Å². The summed E-state index contributed by atoms with van der Waals surface area (Å²) in [6.07, 6.45) is 0.362. The van der Waals surface area contributed by atoms with Crippen LogP contribution in [-0.4, -0.2) is 17.8 Å². The van der Waals surface area contributed by atoms with Crippen molar-refractivity contribution in [1.29, 1.82) is 0 Å². The molecule has 1 saturated heterocycles. The van der Waals surface area contributed by atoms with Crippen molar-refractivity contribution in [2.24, 2.45) is 5.92 Å². The highest BCUT2D eigenvalue weighted by molar-refractivity contribution is 5.36. The molecule has 0 saturated carbocycles. The second-order valence-electron chi connectivity index (χ2n) is 4.93. The van der Waals surface area contributed by atoms with E-state index in [0.29, 0.717) is 6.61 Å². The fourth-order valence-electron chi connectivity index (χ4n) is 2.77. The summed E-state index contributed by atoms with van der Waals surface area (Å²) in [5, 5.41) is 10.4. The Balaban J connectivity index is 2.33. The molecule has 3 unspecified atom stereocenters. The molecule has 3 heteroatoms. The Labute approximate surface area is 101 Å². The van der Waals surface area contributed by atoms with Crippen LogP contribution in [0.1, 0.15) is 36.1 Å². The fraction of sp³-hybridized carbons (Fsp3) is 0.571. The molecule has 2 nitrogen and oxygen atoms in total. The van der Waals surface area contributed by atoms with Crippen molar-refractivity contribution in [2.75, 3.05) is 6.61 Å². The van der Waals surface area contributed by atoms with Crippen molar-refractivity contribution in [3.05, 3.63) is 34.6 Å². The number of halogens is 1. The van der Waals surface area contributed by atoms with Gasteiger partial charge in [0.1, 0.15) is 5.82 Å². The van der Waals surface area contributed by atoms with Gasteiger partial charge in [0.2, 0.25) is 0 Å². The number of aliphatic hydroxyl groups is 1. The van der Waals surface area contributed by atoms with Gasteiger partial charge in [0.05, 0.1) is 12.2 Å². The predicted octanol–water partition coefficient (Wildman–Crippen LogP) is 2.90. The van der Waals surface area contributed by atoms with Crippen LogP contribution in [-0.2, 0) is 4.74 Å². The molecule has 1 aromatic rings. The van der Waals surface area contributed by atoms with Gasteiger partial charge >= 0.3 is 0 Å². The zero-order chi connectivity index (χ0) is 12.6. The van der Waals surface area contributed by atoms with Gasteiger partial charge in [-0.2, -0.15) is 0 Å². The first kappa shape index (κ1) is 12.5. The van der Waals surface area contributed by atoms with E-state index in [2.05, 4.69) is 0 Å². The molecule has 1 N–H and O–H groups in total. The maximum absolute atomic E-state index is 13.2. The summed E-state index contributed by atoms with van der Waals surface area (Å²) in [6, 6.07) is 2.96. The largest absolute Gasteiger partial charge is 0.388 e. The topological polar surface area (TPSA) is 29.5 Å². The van der Waals surface area contributed by atoms with Gasteiger partial charge in [-0.15, -0.1) is 0 Å². The average molecular weight is 238 g/mol. The summed E-state index contributed by atoms with van der Waals surface area (Å²) < 4.78 is 18.7. The van der Waals surface area contributed by atoms with E-state index in [1.54, 1.807) is 0 Å². The zero-order valence-corrected chi connectivity index (χ0v) is 10.5. The van der Waals surface area contributed by atoms with Gasteiger partial charge in [0, 0.05) is 12.5 Å². The monoisotopic (exact) mass is 238 g/mol. The lowest BCUT2D eigenvalue weighted by Gasteiger charge is -2.24. The van der Waals surface area contributed by atoms with Crippen LogP contribution in [0.25, 0.3) is 0 Å². The Morgan fingerprint density at radius 1 is 1.35 bits per heavy atom. The lowest BCUT2D eigenvalue weighted by molar-refractivity contribution is 0.0425. The first-order valence-electron chi connectivity index (χ1n) is 6.07. The van der Waals surface area contributed by atoms with Crippen LogP contribution in [0.2, 0.25) is 0 Å². The van der Waals surface area contributed by atoms with Gasteiger partial charge in [0.15, 0.2) is 0 Å². The first-order chi connectivity index (χ1) is 8.00. The van der Waals surface area contributed by atoms with Crippen molar-refractivity contribution < 1.29 is 14.2 Å². The quantitative estimate of drug-likeness (QED) is 0.858. The minimum atomic E-state index is -0.562. The third kappa shape index (κ3) is 2.35. The van der Waals surface area contributed by atoms with E-state index >= 15 is 0 Å². The highest BCUT2D eigenvalue weighted by atomic mass is 19.1. The lowest BCUT2D eigenvalue weighted by atomic mass is 9.86. The van der Waals surface area contributed by atoms with Crippen molar-refractivity contribution in [3.63, 3.8) is 0 Å². The molecule has 17 heavy (non-hydrogen) atoms. The Kier molecular flexibility index (Phi) is 3.50. The van der Waals surface area contributed by atoms with Crippen LogP contribution in [0.3, 0.4) is 0 Å². The second kappa shape index (κ2) is 4.75. The molecule has 1 fully saturated rings. The van der Waals surface area contributed by atoms with Gasteiger partial charge in [-0.3, -0.25) is 0 Å². The number of hydrogen-bond acceptors (Lipinski definition) is 2. The van der Waals surface area contributed by atoms with Gasteiger partial charge in [-0.25, -0.2) is 4.39 Å². The number of ether oxygens (including phenoxy) is 1. The van der Waals surface area contributed by atoms with Gasteiger partial charge in [-0.05, 0) is 56.0 Å². The second-order valence-corrected chi connectivity index (χ2v) is 4.93. The summed E-state index contributed by atoms with van der Waals surface area (Å²) in [5.74, 6) is -0.135. The molecule has 0 radical (unpaired) electrons. The van der Waals surface area contributed by atoms with Gasteiger partial charge in [-0.1, -0.05) is 0 Å². The van der Waals surface area contributed by atoms with Gasteiger partial charge in [0.25, 0.3) is 0 Å². The molecule has 0 spiro atoms. The van der Waals surface area contributed by atoms with E-state index in [4.69, 9.17) is 4.74 Å². The molecular weight excluding hydrogens is 219 g/mol. The molecular formula is C14H19FO2. The standard InChI is InChI=1S/C14H19FO2/c1-8-6-11(15)7-9(2)13(8)14(16)12-4-5-17-10(12)3/h6-7,10,12,14,16H,4-5H2,1-3H3. The van der Waals surface area contributed by atoms with E-state index in [1.165, 1.54) is 12.1 Å². The molecule has 1 aliphatic heterocycles. The number of benzene rings is 1. The minimum absolute atomic E-state index is 0.0638. The summed E-state index contributed by atoms with van der Waals surface area (Å²) in [4.78, 5) is 0. The molecule has 3 atom stereocenters. The van der Waals surface area contributed by atoms with E-state index in [9.17, 15) is 9.50 Å². The smallest absolute Gasteiger partial charge is 0.123 e. The Bertz CT molecular complexity index is 394. The molecule has 0 bridgehead atoms. The van der Waals surface area contributed by atoms with Crippen LogP contribution < -0.4 is 0 Å². The average Bonchev–Trinajstić information content (AvgIpc) is 2.62. The first-order valence-corrected chi connectivity index (χ1v) is 6.07. The number of aliphatic hydroxyl groups excluding tert-OH is 1. The van der Waals surface area contributed by atoms with E-state index < -0.39 is 6.10 Å². The Morgan fingerprint density at radius 3 is 2.41 bits per heavy atom. The maximum Gasteiger partial charge on any atom is 0.123 e. The van der Waals surface area contributed by atoms with Crippen molar-refractivity contribution in [2.45, 2.75) is 39.4 Å². The Morgan fingerprint density at radius 2 is 1.94 bits per heavy atom. The molecule has 0 aliphatic carbocycles. The Hall–Kier alpha value is -0.930. The molecule has 94 valence electrons. The molecule has 1 aliphatic rings. The van der Waals surface area contributed by atoms with Crippen molar-refractivity contribution in [1.82, 2.24) is 0 Å². The summed E-state index contributed by atoms with van der Waals surface area (Å²) in [6.45, 7) is 6.36. The van der Waals surface area contributed by atoms with Crippen LogP contribution in [0, 0.1) is 25.6 Å². The third-order valence-electron chi connectivity index (χ3n) is 3.69. The highest BCUT2D eigenvalue weighted by Crippen LogP contribution is 2.36. The minimum Gasteiger partial charge on any atom is -0.388 e. The molecule has 2 rings (SSSR count). The van der Waals surface area contributed by atoms with Crippen LogP contribution >= 0.6 is 0 Å². The normalized spacial score (nSPS) is 26.2. The van der Waals surface area contributed by atoms with Crippen LogP contribution in [0.5, 0.6) is 0 Å². The summed E-state index contributed by atoms with van der Waals surface area (Å²) in [7, 11) is 0. The summed E-state index contributed by atoms with van der Waals surface area (Å²) >= 11 is 0. The van der Waals surface area contributed by atoms with E-state index in [1.807, 2.05) is 20.8 Å². The summed E-state index contributed by atoms with van der Waals surface area (Å²) in [5.41, 5.74) is 2.48. The molecule has 1 aromatic carbocycles. The van der Waals surface area contributed by atoms with E-state index in [-0.39, 0.29) is 17.8 Å². The molecule has 0 amide bonds. The highest BCUT2D eigenvalue weighted by Gasteiger charge is 2.33. The molecule has 1 heterocycles. The number of rotatable bonds is 2. The van der Waals surface area contributed by atoms with Crippen molar-refractivity contribution >= 4 is 0 Å². The van der Waals surface area contributed by atoms with Crippen LogP contribution in [0.4, 0.5) is 4.39 Å². The lowest BCUT2D eigenvalue weighted by Crippen LogP contribution is -2.21. The number of aryl methyl sites for hydroxylation is 2. The van der Waals surface area contributed by atoms with Crippen LogP contribution in [0.15, 0.2) is 12.1 Å². The molecule has 0 aromatic heterocycles. The predicted molar refractivity (Wildman–Crippen MR) is 64.4 cm³/mol. The van der Waals surface area contributed by atoms with E-state index in [0.717, 1.165) is 23.1 Å². The maximum atomic E-state index is 13.2.